The Kier molecular flexibility index (Phi) is 4.29. The van der Waals surface area contributed by atoms with Crippen LogP contribution >= 0.6 is 0 Å². The van der Waals surface area contributed by atoms with Gasteiger partial charge in [-0.3, -0.25) is 4.79 Å². The van der Waals surface area contributed by atoms with Gasteiger partial charge in [-0.15, -0.1) is 0 Å². The molecule has 21 heavy (non-hydrogen) atoms. The lowest BCUT2D eigenvalue weighted by Crippen LogP contribution is -2.39. The molecule has 114 valence electrons. The molecule has 3 nitrogen and oxygen atoms in total. The molecule has 0 saturated carbocycles. The predicted octanol–water partition coefficient (Wildman–Crippen LogP) is 2.87. The second-order valence-corrected chi connectivity index (χ2v) is 6.92. The number of rotatable bonds is 4. The first kappa shape index (κ1) is 14.6. The Labute approximate surface area is 127 Å². The van der Waals surface area contributed by atoms with Crippen molar-refractivity contribution in [2.75, 3.05) is 7.05 Å². The number of nitrogens with one attached hydrogen (secondary N) is 1. The lowest BCUT2D eigenvalue weighted by molar-refractivity contribution is -0.131. The average Bonchev–Trinajstić information content (AvgIpc) is 2.78. The Morgan fingerprint density at radius 1 is 1.29 bits per heavy atom. The molecule has 0 radical (unpaired) electrons. The zero-order valence-corrected chi connectivity index (χ0v) is 13.1. The number of carbonyl (C=O) groups excluding carboxylic acids is 1. The van der Waals surface area contributed by atoms with Gasteiger partial charge in [-0.25, -0.2) is 0 Å². The van der Waals surface area contributed by atoms with Crippen molar-refractivity contribution in [3.63, 3.8) is 0 Å². The van der Waals surface area contributed by atoms with Crippen LogP contribution in [0.15, 0.2) is 24.3 Å². The van der Waals surface area contributed by atoms with Gasteiger partial charge in [0.1, 0.15) is 0 Å². The maximum atomic E-state index is 12.4. The van der Waals surface area contributed by atoms with E-state index in [0.29, 0.717) is 23.9 Å². The van der Waals surface area contributed by atoms with Crippen LogP contribution in [0.1, 0.15) is 43.2 Å². The van der Waals surface area contributed by atoms with Crippen LogP contribution in [-0.2, 0) is 11.3 Å². The molecule has 2 fully saturated rings. The average molecular weight is 286 g/mol. The number of hydrogen-bond acceptors (Lipinski definition) is 2. The minimum atomic E-state index is 0.294. The van der Waals surface area contributed by atoms with Crippen molar-refractivity contribution < 1.29 is 4.79 Å². The summed E-state index contributed by atoms with van der Waals surface area (Å²) in [5.41, 5.74) is 2.47. The molecular weight excluding hydrogens is 260 g/mol. The van der Waals surface area contributed by atoms with Gasteiger partial charge in [0.15, 0.2) is 0 Å². The summed E-state index contributed by atoms with van der Waals surface area (Å²) in [4.78, 5) is 14.3. The fraction of sp³-hybridized carbons (Fsp3) is 0.611. The summed E-state index contributed by atoms with van der Waals surface area (Å²) < 4.78 is 0. The summed E-state index contributed by atoms with van der Waals surface area (Å²) in [6.07, 6.45) is 5.68. The highest BCUT2D eigenvalue weighted by Gasteiger charge is 2.34. The molecule has 2 heterocycles. The van der Waals surface area contributed by atoms with Crippen LogP contribution in [0.4, 0.5) is 0 Å². The molecule has 1 aromatic rings. The van der Waals surface area contributed by atoms with Gasteiger partial charge in [0.25, 0.3) is 0 Å². The SMILES string of the molecule is Cc1cccc(CN(C)C(=O)CC2CC3CCC(C2)N3)c1. The van der Waals surface area contributed by atoms with Crippen LogP contribution < -0.4 is 5.32 Å². The number of fused-ring (bicyclic) bond motifs is 2. The Hall–Kier alpha value is -1.35. The number of nitrogens with zero attached hydrogens (tertiary/aromatic N) is 1. The topological polar surface area (TPSA) is 32.3 Å². The molecule has 3 rings (SSSR count). The maximum Gasteiger partial charge on any atom is 0.222 e. The van der Waals surface area contributed by atoms with Crippen LogP contribution in [0.5, 0.6) is 0 Å². The predicted molar refractivity (Wildman–Crippen MR) is 84.9 cm³/mol. The molecule has 0 spiro atoms. The first-order valence-electron chi connectivity index (χ1n) is 8.15. The number of benzene rings is 1. The van der Waals surface area contributed by atoms with Gasteiger partial charge < -0.3 is 10.2 Å². The van der Waals surface area contributed by atoms with E-state index in [4.69, 9.17) is 0 Å². The minimum absolute atomic E-state index is 0.294. The standard InChI is InChI=1S/C18H26N2O/c1-13-4-3-5-14(8-13)12-20(2)18(21)11-15-9-16-6-7-17(10-15)19-16/h3-5,8,15-17,19H,6-7,9-12H2,1-2H3. The van der Waals surface area contributed by atoms with E-state index in [1.165, 1.54) is 36.8 Å². The summed E-state index contributed by atoms with van der Waals surface area (Å²) >= 11 is 0. The monoisotopic (exact) mass is 286 g/mol. The van der Waals surface area contributed by atoms with Crippen molar-refractivity contribution in [1.29, 1.82) is 0 Å². The summed E-state index contributed by atoms with van der Waals surface area (Å²) in [5.74, 6) is 0.874. The fourth-order valence-electron chi connectivity index (χ4n) is 3.92. The third-order valence-electron chi connectivity index (χ3n) is 4.96. The second kappa shape index (κ2) is 6.18. The van der Waals surface area contributed by atoms with E-state index >= 15 is 0 Å². The molecule has 2 aliphatic heterocycles. The largest absolute Gasteiger partial charge is 0.341 e. The third kappa shape index (κ3) is 3.65. The summed E-state index contributed by atoms with van der Waals surface area (Å²) in [6, 6.07) is 9.76. The highest BCUT2D eigenvalue weighted by atomic mass is 16.2. The van der Waals surface area contributed by atoms with Crippen LogP contribution in [-0.4, -0.2) is 29.9 Å². The summed E-state index contributed by atoms with van der Waals surface area (Å²) in [6.45, 7) is 2.81. The summed E-state index contributed by atoms with van der Waals surface area (Å²) in [7, 11) is 1.93. The highest BCUT2D eigenvalue weighted by Crippen LogP contribution is 2.32. The van der Waals surface area contributed by atoms with Crippen LogP contribution in [0.2, 0.25) is 0 Å². The van der Waals surface area contributed by atoms with Crippen LogP contribution in [0.25, 0.3) is 0 Å². The quantitative estimate of drug-likeness (QED) is 0.923. The fourth-order valence-corrected chi connectivity index (χ4v) is 3.92. The van der Waals surface area contributed by atoms with Crippen LogP contribution in [0, 0.1) is 12.8 Å². The van der Waals surface area contributed by atoms with Gasteiger partial charge in [0, 0.05) is 32.1 Å². The Balaban J connectivity index is 1.53. The number of amides is 1. The van der Waals surface area contributed by atoms with Crippen LogP contribution in [0.3, 0.4) is 0 Å². The number of carbonyl (C=O) groups is 1. The van der Waals surface area contributed by atoms with E-state index in [0.717, 1.165) is 13.0 Å². The van der Waals surface area contributed by atoms with Gasteiger partial charge in [-0.05, 0) is 44.1 Å². The molecule has 2 bridgehead atoms. The van der Waals surface area contributed by atoms with Crippen molar-refractivity contribution >= 4 is 5.91 Å². The maximum absolute atomic E-state index is 12.4. The van der Waals surface area contributed by atoms with Gasteiger partial charge >= 0.3 is 0 Å². The molecule has 1 N–H and O–H groups in total. The molecule has 3 heteroatoms. The van der Waals surface area contributed by atoms with E-state index in [2.05, 4.69) is 36.5 Å². The van der Waals surface area contributed by atoms with Gasteiger partial charge in [0.2, 0.25) is 5.91 Å². The van der Waals surface area contributed by atoms with E-state index in [9.17, 15) is 4.79 Å². The number of piperidine rings is 1. The normalized spacial score (nSPS) is 27.6. The lowest BCUT2D eigenvalue weighted by atomic mass is 9.89. The van der Waals surface area contributed by atoms with Crippen molar-refractivity contribution in [3.05, 3.63) is 35.4 Å². The van der Waals surface area contributed by atoms with Crippen molar-refractivity contribution in [3.8, 4) is 0 Å². The second-order valence-electron chi connectivity index (χ2n) is 6.92. The molecule has 0 aliphatic carbocycles. The van der Waals surface area contributed by atoms with E-state index in [1.807, 2.05) is 11.9 Å². The number of aryl methyl sites for hydroxylation is 1. The first-order chi connectivity index (χ1) is 10.1. The van der Waals surface area contributed by atoms with Crippen molar-refractivity contribution in [1.82, 2.24) is 10.2 Å². The molecule has 1 amide bonds. The van der Waals surface area contributed by atoms with Crippen molar-refractivity contribution in [2.24, 2.45) is 5.92 Å². The molecule has 1 aromatic carbocycles. The Bertz CT molecular complexity index is 502. The number of hydrogen-bond donors (Lipinski definition) is 1. The smallest absolute Gasteiger partial charge is 0.222 e. The minimum Gasteiger partial charge on any atom is -0.341 e. The highest BCUT2D eigenvalue weighted by molar-refractivity contribution is 5.76. The van der Waals surface area contributed by atoms with E-state index in [1.54, 1.807) is 0 Å². The van der Waals surface area contributed by atoms with Gasteiger partial charge in [-0.2, -0.15) is 0 Å². The van der Waals surface area contributed by atoms with E-state index < -0.39 is 0 Å². The zero-order valence-electron chi connectivity index (χ0n) is 13.1. The van der Waals surface area contributed by atoms with Crippen molar-refractivity contribution in [2.45, 2.75) is 57.7 Å². The molecule has 2 atom stereocenters. The first-order valence-corrected chi connectivity index (χ1v) is 8.15. The Morgan fingerprint density at radius 3 is 2.67 bits per heavy atom. The summed E-state index contributed by atoms with van der Waals surface area (Å²) in [5, 5.41) is 3.64. The van der Waals surface area contributed by atoms with E-state index in [-0.39, 0.29) is 0 Å². The third-order valence-corrected chi connectivity index (χ3v) is 4.96. The molecule has 2 unspecified atom stereocenters. The Morgan fingerprint density at radius 2 is 2.00 bits per heavy atom. The molecule has 2 saturated heterocycles. The lowest BCUT2D eigenvalue weighted by Gasteiger charge is -2.30. The zero-order chi connectivity index (χ0) is 14.8. The van der Waals surface area contributed by atoms with Gasteiger partial charge in [0.05, 0.1) is 0 Å². The van der Waals surface area contributed by atoms with Gasteiger partial charge in [-0.1, -0.05) is 29.8 Å². The molecule has 0 aromatic heterocycles. The molecular formula is C18H26N2O. The molecule has 2 aliphatic rings.